The van der Waals surface area contributed by atoms with Gasteiger partial charge in [0.1, 0.15) is 5.82 Å². The van der Waals surface area contributed by atoms with Gasteiger partial charge in [-0.15, -0.1) is 0 Å². The number of aromatic nitrogens is 3. The number of carbonyl (C=O) groups excluding carboxylic acids is 1. The van der Waals surface area contributed by atoms with Gasteiger partial charge in [0.15, 0.2) is 5.03 Å². The Morgan fingerprint density at radius 3 is 2.74 bits per heavy atom. The second kappa shape index (κ2) is 8.22. The van der Waals surface area contributed by atoms with Crippen LogP contribution in [0.5, 0.6) is 0 Å². The van der Waals surface area contributed by atoms with Crippen LogP contribution in [0, 0.1) is 5.82 Å². The average molecular weight is 443 g/mol. The monoisotopic (exact) mass is 442 g/mol. The molecule has 162 valence electrons. The Labute approximate surface area is 180 Å². The molecule has 0 radical (unpaired) electrons. The van der Waals surface area contributed by atoms with Crippen molar-refractivity contribution >= 4 is 15.9 Å². The lowest BCUT2D eigenvalue weighted by Crippen LogP contribution is -2.32. The predicted octanol–water partition coefficient (Wildman–Crippen LogP) is 3.59. The Morgan fingerprint density at radius 1 is 1.32 bits per heavy atom. The van der Waals surface area contributed by atoms with Crippen LogP contribution in [-0.4, -0.2) is 28.9 Å². The third-order valence-electron chi connectivity index (χ3n) is 5.25. The summed E-state index contributed by atoms with van der Waals surface area (Å²) in [4.78, 5) is 20.8. The first-order chi connectivity index (χ1) is 14.7. The third kappa shape index (κ3) is 4.66. The van der Waals surface area contributed by atoms with E-state index in [1.165, 1.54) is 24.7 Å². The molecule has 1 aliphatic rings. The maximum atomic E-state index is 14.3. The number of pyridine rings is 1. The minimum Gasteiger partial charge on any atom is -0.333 e. The molecule has 1 aliphatic carbocycles. The van der Waals surface area contributed by atoms with Crippen LogP contribution in [0.15, 0.2) is 54.2 Å². The molecular weight excluding hydrogens is 419 g/mol. The van der Waals surface area contributed by atoms with E-state index >= 15 is 0 Å². The molecule has 2 heterocycles. The molecule has 1 aromatic carbocycles. The molecule has 1 N–H and O–H groups in total. The van der Waals surface area contributed by atoms with Gasteiger partial charge in [-0.1, -0.05) is 19.9 Å². The van der Waals surface area contributed by atoms with E-state index in [1.54, 1.807) is 29.1 Å². The van der Waals surface area contributed by atoms with Gasteiger partial charge in [-0.3, -0.25) is 9.78 Å². The highest BCUT2D eigenvalue weighted by atomic mass is 32.2. The van der Waals surface area contributed by atoms with E-state index in [0.717, 1.165) is 12.8 Å². The van der Waals surface area contributed by atoms with Crippen LogP contribution in [0.3, 0.4) is 0 Å². The van der Waals surface area contributed by atoms with E-state index in [9.17, 15) is 17.6 Å². The standard InChI is InChI=1S/C22H23FN4O3S/c1-14(2)18-8-16(23)9-19(15-4-3-7-24-11-15)20(18)10-21(28)26-31(29,30)22-12-27(13-25-22)17-5-6-17/h3-4,7-9,11-14,17H,5-6,10H2,1-2H3,(H,26,28). The van der Waals surface area contributed by atoms with Crippen molar-refractivity contribution in [1.82, 2.24) is 19.3 Å². The zero-order chi connectivity index (χ0) is 22.2. The Hall–Kier alpha value is -3.07. The maximum absolute atomic E-state index is 14.3. The van der Waals surface area contributed by atoms with Gasteiger partial charge < -0.3 is 4.57 Å². The van der Waals surface area contributed by atoms with Gasteiger partial charge in [0.05, 0.1) is 12.7 Å². The van der Waals surface area contributed by atoms with Gasteiger partial charge in [-0.2, -0.15) is 8.42 Å². The Bertz CT molecular complexity index is 1220. The molecular formula is C22H23FN4O3S. The van der Waals surface area contributed by atoms with Crippen molar-refractivity contribution in [2.24, 2.45) is 0 Å². The van der Waals surface area contributed by atoms with Crippen molar-refractivity contribution in [2.75, 3.05) is 0 Å². The quantitative estimate of drug-likeness (QED) is 0.604. The van der Waals surface area contributed by atoms with Crippen molar-refractivity contribution in [2.45, 2.75) is 50.1 Å². The minimum absolute atomic E-state index is 0.0697. The van der Waals surface area contributed by atoms with Gasteiger partial charge in [-0.05, 0) is 53.6 Å². The summed E-state index contributed by atoms with van der Waals surface area (Å²) in [5.41, 5.74) is 2.38. The van der Waals surface area contributed by atoms with Crippen LogP contribution < -0.4 is 4.72 Å². The fraction of sp³-hybridized carbons (Fsp3) is 0.318. The zero-order valence-electron chi connectivity index (χ0n) is 17.2. The van der Waals surface area contributed by atoms with Crippen molar-refractivity contribution in [3.05, 3.63) is 66.1 Å². The van der Waals surface area contributed by atoms with E-state index in [1.807, 2.05) is 13.8 Å². The van der Waals surface area contributed by atoms with E-state index in [2.05, 4.69) is 14.7 Å². The number of carbonyl (C=O) groups is 1. The summed E-state index contributed by atoms with van der Waals surface area (Å²) in [7, 11) is -4.10. The van der Waals surface area contributed by atoms with Crippen LogP contribution in [0.2, 0.25) is 0 Å². The van der Waals surface area contributed by atoms with Gasteiger partial charge in [0.2, 0.25) is 5.91 Å². The summed E-state index contributed by atoms with van der Waals surface area (Å²) in [6.07, 6.45) is 7.84. The summed E-state index contributed by atoms with van der Waals surface area (Å²) >= 11 is 0. The lowest BCUT2D eigenvalue weighted by atomic mass is 9.88. The van der Waals surface area contributed by atoms with Gasteiger partial charge in [0, 0.05) is 30.2 Å². The molecule has 9 heteroatoms. The second-order valence-corrected chi connectivity index (χ2v) is 9.64. The maximum Gasteiger partial charge on any atom is 0.283 e. The van der Waals surface area contributed by atoms with E-state index in [-0.39, 0.29) is 23.4 Å². The summed E-state index contributed by atoms with van der Waals surface area (Å²) < 4.78 is 43.5. The molecule has 0 unspecified atom stereocenters. The smallest absolute Gasteiger partial charge is 0.283 e. The first kappa shape index (κ1) is 21.2. The Kier molecular flexibility index (Phi) is 5.62. The second-order valence-electron chi connectivity index (χ2n) is 8.01. The summed E-state index contributed by atoms with van der Waals surface area (Å²) in [6.45, 7) is 3.79. The van der Waals surface area contributed by atoms with Gasteiger partial charge in [0.25, 0.3) is 10.0 Å². The van der Waals surface area contributed by atoms with E-state index < -0.39 is 21.7 Å². The summed E-state index contributed by atoms with van der Waals surface area (Å²) in [5.74, 6) is -1.20. The predicted molar refractivity (Wildman–Crippen MR) is 113 cm³/mol. The van der Waals surface area contributed by atoms with Crippen LogP contribution in [0.4, 0.5) is 4.39 Å². The number of nitrogens with zero attached hydrogens (tertiary/aromatic N) is 3. The third-order valence-corrected chi connectivity index (χ3v) is 6.51. The van der Waals surface area contributed by atoms with Crippen LogP contribution in [-0.2, 0) is 21.2 Å². The molecule has 0 bridgehead atoms. The molecule has 7 nitrogen and oxygen atoms in total. The van der Waals surface area contributed by atoms with Crippen molar-refractivity contribution < 1.29 is 17.6 Å². The topological polar surface area (TPSA) is 94.0 Å². The first-order valence-electron chi connectivity index (χ1n) is 10.1. The number of halogens is 1. The largest absolute Gasteiger partial charge is 0.333 e. The molecule has 0 saturated heterocycles. The molecule has 0 aliphatic heterocycles. The zero-order valence-corrected chi connectivity index (χ0v) is 18.1. The lowest BCUT2D eigenvalue weighted by Gasteiger charge is -2.18. The van der Waals surface area contributed by atoms with Crippen LogP contribution in [0.25, 0.3) is 11.1 Å². The Morgan fingerprint density at radius 2 is 2.10 bits per heavy atom. The molecule has 2 aromatic heterocycles. The van der Waals surface area contributed by atoms with E-state index in [4.69, 9.17) is 0 Å². The first-order valence-corrected chi connectivity index (χ1v) is 11.5. The number of hydrogen-bond acceptors (Lipinski definition) is 5. The SMILES string of the molecule is CC(C)c1cc(F)cc(-c2cccnc2)c1CC(=O)NS(=O)(=O)c1cn(C2CC2)cn1. The molecule has 4 rings (SSSR count). The fourth-order valence-electron chi connectivity index (χ4n) is 3.58. The number of nitrogens with one attached hydrogen (secondary N) is 1. The molecule has 0 spiro atoms. The van der Waals surface area contributed by atoms with E-state index in [0.29, 0.717) is 22.3 Å². The highest BCUT2D eigenvalue weighted by molar-refractivity contribution is 7.90. The van der Waals surface area contributed by atoms with Crippen molar-refractivity contribution in [3.63, 3.8) is 0 Å². The highest BCUT2D eigenvalue weighted by Crippen LogP contribution is 2.35. The highest BCUT2D eigenvalue weighted by Gasteiger charge is 2.27. The normalized spacial score (nSPS) is 14.1. The molecule has 1 saturated carbocycles. The fourth-order valence-corrected chi connectivity index (χ4v) is 4.50. The lowest BCUT2D eigenvalue weighted by molar-refractivity contribution is -0.118. The number of benzene rings is 1. The van der Waals surface area contributed by atoms with Gasteiger partial charge >= 0.3 is 0 Å². The van der Waals surface area contributed by atoms with Crippen LogP contribution in [0.1, 0.15) is 49.8 Å². The summed E-state index contributed by atoms with van der Waals surface area (Å²) in [5, 5.41) is -0.191. The number of amides is 1. The molecule has 1 amide bonds. The molecule has 0 atom stereocenters. The summed E-state index contributed by atoms with van der Waals surface area (Å²) in [6, 6.07) is 6.51. The number of sulfonamides is 1. The number of imidazole rings is 1. The minimum atomic E-state index is -4.10. The van der Waals surface area contributed by atoms with Crippen molar-refractivity contribution in [3.8, 4) is 11.1 Å². The average Bonchev–Trinajstić information content (AvgIpc) is 3.44. The number of hydrogen-bond donors (Lipinski definition) is 1. The number of rotatable bonds is 7. The molecule has 3 aromatic rings. The van der Waals surface area contributed by atoms with Crippen molar-refractivity contribution in [1.29, 1.82) is 0 Å². The van der Waals surface area contributed by atoms with Gasteiger partial charge in [-0.25, -0.2) is 14.1 Å². The molecule has 1 fully saturated rings. The molecule has 31 heavy (non-hydrogen) atoms. The Balaban J connectivity index is 1.63. The van der Waals surface area contributed by atoms with Crippen LogP contribution >= 0.6 is 0 Å².